The van der Waals surface area contributed by atoms with Crippen LogP contribution in [0, 0.1) is 13.8 Å². The fourth-order valence-corrected chi connectivity index (χ4v) is 4.25. The third kappa shape index (κ3) is 6.50. The van der Waals surface area contributed by atoms with Gasteiger partial charge in [-0.2, -0.15) is 0 Å². The third-order valence-corrected chi connectivity index (χ3v) is 5.67. The molecule has 0 spiro atoms. The summed E-state index contributed by atoms with van der Waals surface area (Å²) in [7, 11) is 0. The van der Waals surface area contributed by atoms with Gasteiger partial charge in [-0.1, -0.05) is 12.1 Å². The summed E-state index contributed by atoms with van der Waals surface area (Å²) in [6, 6.07) is 8.58. The Balaban J connectivity index is 1.70. The predicted molar refractivity (Wildman–Crippen MR) is 126 cm³/mol. The summed E-state index contributed by atoms with van der Waals surface area (Å²) in [5.74, 6) is 0. The molecule has 0 saturated carbocycles. The van der Waals surface area contributed by atoms with Crippen LogP contribution in [0.25, 0.3) is 0 Å². The lowest BCUT2D eigenvalue weighted by Crippen LogP contribution is -2.47. The zero-order valence-electron chi connectivity index (χ0n) is 20.0. The van der Waals surface area contributed by atoms with Crippen molar-refractivity contribution in [1.82, 2.24) is 25.7 Å². The van der Waals surface area contributed by atoms with E-state index in [1.165, 1.54) is 11.1 Å². The highest BCUT2D eigenvalue weighted by Gasteiger charge is 2.35. The number of piperidine rings is 1. The standard InChI is InChI=1S/C25H37N5O2/c1-18-10-7-14-26-22(18)20-12-6-13-21(23-19(2)11-8-15-27-23)30(20)29-17-9-16-28-24(31)32-25(3,4)5/h7-8,10-11,14-15,20-21,29H,6,9,12-13,16-17H2,1-5H3,(H,28,31). The number of aromatic nitrogens is 2. The molecule has 1 saturated heterocycles. The molecule has 7 heteroatoms. The number of carbonyl (C=O) groups is 1. The number of alkyl carbamates (subject to hydrolysis) is 1. The van der Waals surface area contributed by atoms with E-state index in [2.05, 4.69) is 41.7 Å². The monoisotopic (exact) mass is 439 g/mol. The van der Waals surface area contributed by atoms with Gasteiger partial charge in [-0.3, -0.25) is 15.4 Å². The van der Waals surface area contributed by atoms with Gasteiger partial charge >= 0.3 is 6.09 Å². The largest absolute Gasteiger partial charge is 0.444 e. The number of aryl methyl sites for hydroxylation is 2. The maximum Gasteiger partial charge on any atom is 0.407 e. The van der Waals surface area contributed by atoms with E-state index in [0.717, 1.165) is 43.6 Å². The van der Waals surface area contributed by atoms with Crippen LogP contribution in [0.5, 0.6) is 0 Å². The molecule has 2 aromatic rings. The summed E-state index contributed by atoms with van der Waals surface area (Å²) in [4.78, 5) is 21.3. The molecule has 3 heterocycles. The Bertz CT molecular complexity index is 842. The number of nitrogens with one attached hydrogen (secondary N) is 2. The molecule has 1 aliphatic heterocycles. The number of nitrogens with zero attached hydrogens (tertiary/aromatic N) is 3. The average Bonchev–Trinajstić information content (AvgIpc) is 2.73. The fourth-order valence-electron chi connectivity index (χ4n) is 4.25. The summed E-state index contributed by atoms with van der Waals surface area (Å²) in [5.41, 5.74) is 7.81. The second-order valence-corrected chi connectivity index (χ2v) is 9.47. The van der Waals surface area contributed by atoms with Crippen LogP contribution in [-0.2, 0) is 4.74 Å². The minimum Gasteiger partial charge on any atom is -0.444 e. The first-order valence-corrected chi connectivity index (χ1v) is 11.6. The molecule has 1 amide bonds. The molecule has 1 fully saturated rings. The van der Waals surface area contributed by atoms with Crippen molar-refractivity contribution in [2.45, 2.75) is 78.0 Å². The Kier molecular flexibility index (Phi) is 8.21. The zero-order chi connectivity index (χ0) is 23.1. The quantitative estimate of drug-likeness (QED) is 0.605. The van der Waals surface area contributed by atoms with Crippen LogP contribution in [0.4, 0.5) is 4.79 Å². The molecule has 0 aromatic carbocycles. The Morgan fingerprint density at radius 2 is 1.59 bits per heavy atom. The number of ether oxygens (including phenoxy) is 1. The van der Waals surface area contributed by atoms with Gasteiger partial charge in [0.05, 0.1) is 23.5 Å². The van der Waals surface area contributed by atoms with Gasteiger partial charge in [-0.15, -0.1) is 0 Å². The predicted octanol–water partition coefficient (Wildman–Crippen LogP) is 4.78. The van der Waals surface area contributed by atoms with E-state index < -0.39 is 5.60 Å². The highest BCUT2D eigenvalue weighted by atomic mass is 16.6. The summed E-state index contributed by atoms with van der Waals surface area (Å²) in [5, 5.41) is 5.19. The van der Waals surface area contributed by atoms with Crippen LogP contribution >= 0.6 is 0 Å². The van der Waals surface area contributed by atoms with E-state index in [9.17, 15) is 4.79 Å². The molecule has 1 aliphatic rings. The summed E-state index contributed by atoms with van der Waals surface area (Å²) in [6.45, 7) is 11.1. The van der Waals surface area contributed by atoms with Gasteiger partial charge in [0, 0.05) is 25.5 Å². The number of pyridine rings is 2. The van der Waals surface area contributed by atoms with E-state index in [4.69, 9.17) is 14.7 Å². The Labute approximate surface area is 192 Å². The van der Waals surface area contributed by atoms with Gasteiger partial charge in [0.15, 0.2) is 0 Å². The van der Waals surface area contributed by atoms with Crippen molar-refractivity contribution in [2.24, 2.45) is 0 Å². The summed E-state index contributed by atoms with van der Waals surface area (Å²) < 4.78 is 5.31. The summed E-state index contributed by atoms with van der Waals surface area (Å²) in [6.07, 6.45) is 7.38. The highest BCUT2D eigenvalue weighted by molar-refractivity contribution is 5.67. The van der Waals surface area contributed by atoms with Crippen molar-refractivity contribution in [1.29, 1.82) is 0 Å². The van der Waals surface area contributed by atoms with Crippen molar-refractivity contribution in [3.05, 3.63) is 59.2 Å². The molecule has 174 valence electrons. The third-order valence-electron chi connectivity index (χ3n) is 5.67. The number of hydrazine groups is 1. The minimum atomic E-state index is -0.488. The molecule has 3 rings (SSSR count). The van der Waals surface area contributed by atoms with Crippen molar-refractivity contribution < 1.29 is 9.53 Å². The SMILES string of the molecule is Cc1cccnc1C1CCCC(c2ncccc2C)N1NCCCNC(=O)OC(C)(C)C. The molecule has 2 aromatic heterocycles. The first-order valence-electron chi connectivity index (χ1n) is 11.6. The van der Waals surface area contributed by atoms with E-state index in [-0.39, 0.29) is 18.2 Å². The lowest BCUT2D eigenvalue weighted by atomic mass is 9.90. The fraction of sp³-hybridized carbons (Fsp3) is 0.560. The summed E-state index contributed by atoms with van der Waals surface area (Å²) >= 11 is 0. The number of hydrogen-bond acceptors (Lipinski definition) is 6. The molecule has 0 aliphatic carbocycles. The van der Waals surface area contributed by atoms with Crippen LogP contribution in [-0.4, -0.2) is 39.8 Å². The number of hydrogen-bond donors (Lipinski definition) is 2. The van der Waals surface area contributed by atoms with Crippen molar-refractivity contribution in [3.8, 4) is 0 Å². The molecular formula is C25H37N5O2. The van der Waals surface area contributed by atoms with E-state index in [0.29, 0.717) is 6.54 Å². The molecule has 0 bridgehead atoms. The number of rotatable bonds is 7. The van der Waals surface area contributed by atoms with Crippen molar-refractivity contribution in [3.63, 3.8) is 0 Å². The molecule has 0 radical (unpaired) electrons. The number of carbonyl (C=O) groups excluding carboxylic acids is 1. The van der Waals surface area contributed by atoms with Crippen LogP contribution in [0.2, 0.25) is 0 Å². The molecule has 2 atom stereocenters. The first kappa shape index (κ1) is 24.1. The maximum atomic E-state index is 11.9. The van der Waals surface area contributed by atoms with Crippen LogP contribution in [0.15, 0.2) is 36.7 Å². The second-order valence-electron chi connectivity index (χ2n) is 9.47. The van der Waals surface area contributed by atoms with Gasteiger partial charge < -0.3 is 10.1 Å². The Morgan fingerprint density at radius 3 is 2.09 bits per heavy atom. The molecular weight excluding hydrogens is 402 g/mol. The molecule has 7 nitrogen and oxygen atoms in total. The van der Waals surface area contributed by atoms with Crippen LogP contribution in [0.3, 0.4) is 0 Å². The van der Waals surface area contributed by atoms with Crippen molar-refractivity contribution >= 4 is 6.09 Å². The maximum absolute atomic E-state index is 11.9. The Hall–Kier alpha value is -2.51. The van der Waals surface area contributed by atoms with Crippen molar-refractivity contribution in [2.75, 3.05) is 13.1 Å². The van der Waals surface area contributed by atoms with Gasteiger partial charge in [0.2, 0.25) is 0 Å². The van der Waals surface area contributed by atoms with E-state index >= 15 is 0 Å². The van der Waals surface area contributed by atoms with Crippen LogP contribution in [0.1, 0.15) is 81.1 Å². The van der Waals surface area contributed by atoms with Gasteiger partial charge in [-0.05, 0) is 83.6 Å². The number of amides is 1. The van der Waals surface area contributed by atoms with E-state index in [1.807, 2.05) is 45.3 Å². The molecule has 32 heavy (non-hydrogen) atoms. The van der Waals surface area contributed by atoms with Gasteiger partial charge in [0.25, 0.3) is 0 Å². The minimum absolute atomic E-state index is 0.176. The molecule has 2 N–H and O–H groups in total. The Morgan fingerprint density at radius 1 is 1.03 bits per heavy atom. The van der Waals surface area contributed by atoms with Crippen LogP contribution < -0.4 is 10.7 Å². The van der Waals surface area contributed by atoms with Gasteiger partial charge in [-0.25, -0.2) is 9.80 Å². The smallest absolute Gasteiger partial charge is 0.407 e. The zero-order valence-corrected chi connectivity index (χ0v) is 20.0. The van der Waals surface area contributed by atoms with E-state index in [1.54, 1.807) is 0 Å². The van der Waals surface area contributed by atoms with Gasteiger partial charge in [0.1, 0.15) is 5.60 Å². The topological polar surface area (TPSA) is 79.4 Å². The highest BCUT2D eigenvalue weighted by Crippen LogP contribution is 2.40. The first-order chi connectivity index (χ1) is 15.3. The lowest BCUT2D eigenvalue weighted by molar-refractivity contribution is 0.0211. The lowest BCUT2D eigenvalue weighted by Gasteiger charge is -2.42. The normalized spacial score (nSPS) is 19.5. The average molecular weight is 440 g/mol. The second kappa shape index (κ2) is 10.9. The molecule has 2 unspecified atom stereocenters.